The number of carbonyl (C=O) groups is 1. The second-order valence-electron chi connectivity index (χ2n) is 4.66. The zero-order valence-electron chi connectivity index (χ0n) is 10.8. The van der Waals surface area contributed by atoms with Crippen LogP contribution in [0.25, 0.3) is 0 Å². The minimum atomic E-state index is -0.919. The first kappa shape index (κ1) is 14.8. The molecule has 0 amide bonds. The molecule has 5 nitrogen and oxygen atoms in total. The minimum Gasteiger partial charge on any atom is -0.481 e. The Morgan fingerprint density at radius 3 is 2.78 bits per heavy atom. The number of hydrogen-bond acceptors (Lipinski definition) is 4. The van der Waals surface area contributed by atoms with E-state index >= 15 is 0 Å². The van der Waals surface area contributed by atoms with Crippen LogP contribution < -0.4 is 5.56 Å². The molecular formula is C12H18N2O3S. The summed E-state index contributed by atoms with van der Waals surface area (Å²) in [5.41, 5.74) is -0.526. The van der Waals surface area contributed by atoms with Crippen LogP contribution in [-0.2, 0) is 10.3 Å². The highest BCUT2D eigenvalue weighted by Gasteiger charge is 2.22. The van der Waals surface area contributed by atoms with Gasteiger partial charge in [0.2, 0.25) is 0 Å². The average Bonchev–Trinajstić information content (AvgIpc) is 2.26. The summed E-state index contributed by atoms with van der Waals surface area (Å²) < 4.78 is 1.88. The monoisotopic (exact) mass is 270 g/mol. The van der Waals surface area contributed by atoms with E-state index in [4.69, 9.17) is 5.11 Å². The van der Waals surface area contributed by atoms with Crippen molar-refractivity contribution >= 4 is 17.7 Å². The van der Waals surface area contributed by atoms with E-state index in [-0.39, 0.29) is 16.9 Å². The van der Waals surface area contributed by atoms with Gasteiger partial charge in [0.1, 0.15) is 0 Å². The van der Waals surface area contributed by atoms with Crippen molar-refractivity contribution < 1.29 is 9.90 Å². The van der Waals surface area contributed by atoms with E-state index in [1.54, 1.807) is 6.20 Å². The summed E-state index contributed by atoms with van der Waals surface area (Å²) in [4.78, 5) is 25.8. The number of aliphatic carboxylic acids is 1. The standard InChI is InChI=1S/C12H18N2O3S/c1-4-6-12(2,3)14-7-5-9(15)13-11(14)18-8-10(16)17/h5,7H,4,6,8H2,1-3H3,(H,16,17). The van der Waals surface area contributed by atoms with Gasteiger partial charge >= 0.3 is 5.97 Å². The summed E-state index contributed by atoms with van der Waals surface area (Å²) in [6.07, 6.45) is 3.62. The quantitative estimate of drug-likeness (QED) is 0.632. The Morgan fingerprint density at radius 2 is 2.22 bits per heavy atom. The fourth-order valence-corrected chi connectivity index (χ4v) is 2.66. The van der Waals surface area contributed by atoms with Crippen LogP contribution in [0.15, 0.2) is 22.2 Å². The van der Waals surface area contributed by atoms with E-state index in [0.29, 0.717) is 5.16 Å². The molecule has 0 bridgehead atoms. The van der Waals surface area contributed by atoms with Crippen LogP contribution in [-0.4, -0.2) is 26.4 Å². The molecule has 0 aliphatic carbocycles. The molecule has 0 saturated carbocycles. The molecule has 0 fully saturated rings. The van der Waals surface area contributed by atoms with Gasteiger partial charge in [-0.3, -0.25) is 9.59 Å². The zero-order valence-corrected chi connectivity index (χ0v) is 11.7. The third kappa shape index (κ3) is 3.87. The summed E-state index contributed by atoms with van der Waals surface area (Å²) in [6.45, 7) is 6.18. The van der Waals surface area contributed by atoms with Gasteiger partial charge in [0, 0.05) is 17.8 Å². The van der Waals surface area contributed by atoms with Crippen molar-refractivity contribution in [2.45, 2.75) is 44.3 Å². The van der Waals surface area contributed by atoms with E-state index in [1.165, 1.54) is 6.07 Å². The molecule has 6 heteroatoms. The lowest BCUT2D eigenvalue weighted by Crippen LogP contribution is -2.30. The number of aromatic nitrogens is 2. The Balaban J connectivity index is 3.10. The SMILES string of the molecule is CCCC(C)(C)n1ccc(=O)nc1SCC(=O)O. The zero-order chi connectivity index (χ0) is 13.8. The van der Waals surface area contributed by atoms with Gasteiger partial charge < -0.3 is 9.67 Å². The van der Waals surface area contributed by atoms with Gasteiger partial charge in [0.05, 0.1) is 5.75 Å². The third-order valence-corrected chi connectivity index (χ3v) is 3.55. The van der Waals surface area contributed by atoms with Crippen molar-refractivity contribution in [3.63, 3.8) is 0 Å². The number of nitrogens with zero attached hydrogens (tertiary/aromatic N) is 2. The number of thioether (sulfide) groups is 1. The van der Waals surface area contributed by atoms with Gasteiger partial charge in [-0.1, -0.05) is 25.1 Å². The maximum absolute atomic E-state index is 11.3. The smallest absolute Gasteiger partial charge is 0.313 e. The van der Waals surface area contributed by atoms with Gasteiger partial charge in [-0.05, 0) is 20.3 Å². The summed E-state index contributed by atoms with van der Waals surface area (Å²) >= 11 is 1.07. The van der Waals surface area contributed by atoms with Crippen LogP contribution in [0.1, 0.15) is 33.6 Å². The molecule has 0 aliphatic heterocycles. The van der Waals surface area contributed by atoms with Crippen LogP contribution in [0.3, 0.4) is 0 Å². The summed E-state index contributed by atoms with van der Waals surface area (Å²) in [5, 5.41) is 9.17. The normalized spacial score (nSPS) is 11.5. The molecule has 100 valence electrons. The van der Waals surface area contributed by atoms with Crippen molar-refractivity contribution in [2.75, 3.05) is 5.75 Å². The number of rotatable bonds is 6. The van der Waals surface area contributed by atoms with E-state index in [9.17, 15) is 9.59 Å². The van der Waals surface area contributed by atoms with Crippen LogP contribution >= 0.6 is 11.8 Å². The second kappa shape index (κ2) is 6.04. The molecule has 0 saturated heterocycles. The molecule has 0 aromatic carbocycles. The lowest BCUT2D eigenvalue weighted by atomic mass is 9.99. The molecule has 18 heavy (non-hydrogen) atoms. The second-order valence-corrected chi connectivity index (χ2v) is 5.61. The molecular weight excluding hydrogens is 252 g/mol. The molecule has 0 unspecified atom stereocenters. The van der Waals surface area contributed by atoms with Crippen LogP contribution in [0, 0.1) is 0 Å². The topological polar surface area (TPSA) is 72.2 Å². The van der Waals surface area contributed by atoms with E-state index in [2.05, 4.69) is 11.9 Å². The molecule has 1 aromatic heterocycles. The lowest BCUT2D eigenvalue weighted by molar-refractivity contribution is -0.133. The molecule has 0 radical (unpaired) electrons. The Bertz CT molecular complexity index is 482. The van der Waals surface area contributed by atoms with Crippen molar-refractivity contribution in [2.24, 2.45) is 0 Å². The lowest BCUT2D eigenvalue weighted by Gasteiger charge is -2.29. The predicted molar refractivity (Wildman–Crippen MR) is 71.1 cm³/mol. The van der Waals surface area contributed by atoms with Crippen LogP contribution in [0.2, 0.25) is 0 Å². The molecule has 1 aromatic rings. The molecule has 0 aliphatic rings. The van der Waals surface area contributed by atoms with Crippen LogP contribution in [0.4, 0.5) is 0 Å². The van der Waals surface area contributed by atoms with Crippen molar-refractivity contribution in [1.82, 2.24) is 9.55 Å². The highest BCUT2D eigenvalue weighted by atomic mass is 32.2. The van der Waals surface area contributed by atoms with E-state index < -0.39 is 5.97 Å². The molecule has 0 spiro atoms. The van der Waals surface area contributed by atoms with Crippen molar-refractivity contribution in [3.8, 4) is 0 Å². The first-order valence-electron chi connectivity index (χ1n) is 5.81. The Labute approximate surface area is 110 Å². The Kier molecular flexibility index (Phi) is 4.95. The maximum atomic E-state index is 11.3. The highest BCUT2D eigenvalue weighted by Crippen LogP contribution is 2.26. The van der Waals surface area contributed by atoms with Crippen molar-refractivity contribution in [1.29, 1.82) is 0 Å². The molecule has 1 N–H and O–H groups in total. The van der Waals surface area contributed by atoms with Gasteiger partial charge in [-0.25, -0.2) is 0 Å². The minimum absolute atomic E-state index is 0.0986. The van der Waals surface area contributed by atoms with Gasteiger partial charge in [-0.15, -0.1) is 0 Å². The highest BCUT2D eigenvalue weighted by molar-refractivity contribution is 7.99. The van der Waals surface area contributed by atoms with E-state index in [1.807, 2.05) is 18.4 Å². The first-order valence-corrected chi connectivity index (χ1v) is 6.80. The average molecular weight is 270 g/mol. The Morgan fingerprint density at radius 1 is 1.56 bits per heavy atom. The fraction of sp³-hybridized carbons (Fsp3) is 0.583. The van der Waals surface area contributed by atoms with Crippen LogP contribution in [0.5, 0.6) is 0 Å². The Hall–Kier alpha value is -1.30. The van der Waals surface area contributed by atoms with E-state index in [0.717, 1.165) is 24.6 Å². The van der Waals surface area contributed by atoms with Gasteiger partial charge in [0.25, 0.3) is 5.56 Å². The molecule has 0 atom stereocenters. The summed E-state index contributed by atoms with van der Waals surface area (Å²) in [6, 6.07) is 1.40. The van der Waals surface area contributed by atoms with Gasteiger partial charge in [-0.2, -0.15) is 4.98 Å². The predicted octanol–water partition coefficient (Wildman–Crippen LogP) is 1.96. The first-order chi connectivity index (χ1) is 8.36. The molecule has 1 heterocycles. The van der Waals surface area contributed by atoms with Gasteiger partial charge in [0.15, 0.2) is 5.16 Å². The number of carboxylic acid groups (broad SMARTS) is 1. The maximum Gasteiger partial charge on any atom is 0.313 e. The largest absolute Gasteiger partial charge is 0.481 e. The number of carboxylic acids is 1. The summed E-state index contributed by atoms with van der Waals surface area (Å²) in [7, 11) is 0. The summed E-state index contributed by atoms with van der Waals surface area (Å²) in [5.74, 6) is -1.02. The molecule has 1 rings (SSSR count). The number of hydrogen-bond donors (Lipinski definition) is 1. The fourth-order valence-electron chi connectivity index (χ4n) is 1.81. The van der Waals surface area contributed by atoms with Crippen molar-refractivity contribution in [3.05, 3.63) is 22.6 Å². The third-order valence-electron chi connectivity index (χ3n) is 2.62.